The molecule has 2 rings (SSSR count). The van der Waals surface area contributed by atoms with Crippen LogP contribution in [0.1, 0.15) is 51.9 Å². The Kier molecular flexibility index (Phi) is 2.88. The highest BCUT2D eigenvalue weighted by Gasteiger charge is 2.53. The average molecular weight is 201 g/mol. The van der Waals surface area contributed by atoms with E-state index in [1.807, 2.05) is 0 Å². The van der Waals surface area contributed by atoms with Gasteiger partial charge in [-0.2, -0.15) is 0 Å². The largest absolute Gasteiger partial charge is 0.126 e. The van der Waals surface area contributed by atoms with Crippen molar-refractivity contribution in [1.82, 2.24) is 0 Å². The van der Waals surface area contributed by atoms with Gasteiger partial charge in [0.25, 0.3) is 0 Å². The van der Waals surface area contributed by atoms with Crippen LogP contribution in [0, 0.1) is 17.3 Å². The maximum atomic E-state index is 5.92. The van der Waals surface area contributed by atoms with Crippen molar-refractivity contribution in [2.45, 2.75) is 51.9 Å². The van der Waals surface area contributed by atoms with Gasteiger partial charge in [0.1, 0.15) is 0 Å². The molecule has 1 atom stereocenters. The molecule has 76 valence electrons. The van der Waals surface area contributed by atoms with Gasteiger partial charge in [0.05, 0.1) is 0 Å². The first-order valence-electron chi connectivity index (χ1n) is 5.86. The molecule has 0 amide bonds. The molecular formula is C12H21Cl. The lowest BCUT2D eigenvalue weighted by molar-refractivity contribution is 0.232. The zero-order valence-corrected chi connectivity index (χ0v) is 9.45. The first-order valence-corrected chi connectivity index (χ1v) is 6.40. The topological polar surface area (TPSA) is 0 Å². The smallest absolute Gasteiger partial charge is 0.0257 e. The van der Waals surface area contributed by atoms with Crippen LogP contribution in [0.4, 0.5) is 0 Å². The summed E-state index contributed by atoms with van der Waals surface area (Å²) < 4.78 is 0. The molecule has 13 heavy (non-hydrogen) atoms. The van der Waals surface area contributed by atoms with Gasteiger partial charge in [0, 0.05) is 5.88 Å². The van der Waals surface area contributed by atoms with Gasteiger partial charge < -0.3 is 0 Å². The van der Waals surface area contributed by atoms with Gasteiger partial charge in [-0.3, -0.25) is 0 Å². The van der Waals surface area contributed by atoms with Gasteiger partial charge in [-0.05, 0) is 49.4 Å². The number of hydrogen-bond acceptors (Lipinski definition) is 0. The lowest BCUT2D eigenvalue weighted by Crippen LogP contribution is -2.17. The van der Waals surface area contributed by atoms with Gasteiger partial charge in [-0.15, -0.1) is 11.6 Å². The monoisotopic (exact) mass is 200 g/mol. The van der Waals surface area contributed by atoms with E-state index in [0.29, 0.717) is 0 Å². The highest BCUT2D eigenvalue weighted by atomic mass is 35.5. The molecule has 2 saturated carbocycles. The summed E-state index contributed by atoms with van der Waals surface area (Å²) in [5.41, 5.74) is 0.742. The summed E-state index contributed by atoms with van der Waals surface area (Å²) in [6, 6.07) is 0. The maximum absolute atomic E-state index is 5.92. The molecule has 1 heteroatoms. The molecule has 0 aromatic rings. The standard InChI is InChI=1S/C12H21Cl/c1-2-3-10-4-6-12(7-5-10)8-11(12)9-13/h10-11H,2-9H2,1H3. The van der Waals surface area contributed by atoms with Crippen LogP contribution < -0.4 is 0 Å². The zero-order chi connectivity index (χ0) is 9.31. The van der Waals surface area contributed by atoms with Crippen molar-refractivity contribution in [3.8, 4) is 0 Å². The molecule has 0 nitrogen and oxygen atoms in total. The van der Waals surface area contributed by atoms with E-state index in [1.54, 1.807) is 0 Å². The molecular weight excluding hydrogens is 180 g/mol. The minimum absolute atomic E-state index is 0.742. The van der Waals surface area contributed by atoms with Crippen molar-refractivity contribution in [3.63, 3.8) is 0 Å². The third-order valence-electron chi connectivity index (χ3n) is 4.34. The summed E-state index contributed by atoms with van der Waals surface area (Å²) >= 11 is 5.92. The lowest BCUT2D eigenvalue weighted by atomic mass is 9.77. The van der Waals surface area contributed by atoms with E-state index >= 15 is 0 Å². The lowest BCUT2D eigenvalue weighted by Gasteiger charge is -2.29. The predicted octanol–water partition coefficient (Wildman–Crippen LogP) is 4.22. The van der Waals surface area contributed by atoms with Crippen molar-refractivity contribution < 1.29 is 0 Å². The van der Waals surface area contributed by atoms with Gasteiger partial charge in [-0.25, -0.2) is 0 Å². The Bertz CT molecular complexity index is 168. The normalized spacial score (nSPS) is 43.8. The number of rotatable bonds is 3. The fourth-order valence-corrected chi connectivity index (χ4v) is 3.65. The summed E-state index contributed by atoms with van der Waals surface area (Å²) in [6.07, 6.45) is 10.2. The van der Waals surface area contributed by atoms with E-state index in [-0.39, 0.29) is 0 Å². The fraction of sp³-hybridized carbons (Fsp3) is 1.00. The molecule has 0 N–H and O–H groups in total. The first kappa shape index (κ1) is 9.83. The molecule has 2 aliphatic rings. The fourth-order valence-electron chi connectivity index (χ4n) is 3.21. The Morgan fingerprint density at radius 2 is 2.00 bits per heavy atom. The second-order valence-electron chi connectivity index (χ2n) is 5.15. The summed E-state index contributed by atoms with van der Waals surface area (Å²) in [5.74, 6) is 2.85. The van der Waals surface area contributed by atoms with Crippen LogP contribution in [0.25, 0.3) is 0 Å². The van der Waals surface area contributed by atoms with Gasteiger partial charge in [0.2, 0.25) is 0 Å². The van der Waals surface area contributed by atoms with Gasteiger partial charge >= 0.3 is 0 Å². The highest BCUT2D eigenvalue weighted by Crippen LogP contribution is 2.62. The summed E-state index contributed by atoms with van der Waals surface area (Å²) in [5, 5.41) is 0. The summed E-state index contributed by atoms with van der Waals surface area (Å²) in [4.78, 5) is 0. The molecule has 0 aromatic carbocycles. The van der Waals surface area contributed by atoms with Crippen molar-refractivity contribution in [3.05, 3.63) is 0 Å². The average Bonchev–Trinajstić information content (AvgIpc) is 2.84. The Morgan fingerprint density at radius 3 is 2.46 bits per heavy atom. The zero-order valence-electron chi connectivity index (χ0n) is 8.69. The summed E-state index contributed by atoms with van der Waals surface area (Å²) in [6.45, 7) is 2.31. The molecule has 0 aromatic heterocycles. The van der Waals surface area contributed by atoms with Crippen LogP contribution in [-0.2, 0) is 0 Å². The molecule has 0 saturated heterocycles. The first-order chi connectivity index (χ1) is 6.30. The highest BCUT2D eigenvalue weighted by molar-refractivity contribution is 6.18. The van der Waals surface area contributed by atoms with E-state index in [1.165, 1.54) is 44.9 Å². The van der Waals surface area contributed by atoms with E-state index in [2.05, 4.69) is 6.92 Å². The van der Waals surface area contributed by atoms with Crippen LogP contribution >= 0.6 is 11.6 Å². The number of alkyl halides is 1. The Balaban J connectivity index is 1.77. The SMILES string of the molecule is CCCC1CCC2(CC1)CC2CCl. The van der Waals surface area contributed by atoms with Crippen LogP contribution in [-0.4, -0.2) is 5.88 Å². The Morgan fingerprint density at radius 1 is 1.31 bits per heavy atom. The predicted molar refractivity (Wildman–Crippen MR) is 58.1 cm³/mol. The van der Waals surface area contributed by atoms with Gasteiger partial charge in [-0.1, -0.05) is 19.8 Å². The van der Waals surface area contributed by atoms with E-state index < -0.39 is 0 Å². The Labute approximate surface area is 87.0 Å². The number of hydrogen-bond donors (Lipinski definition) is 0. The molecule has 0 radical (unpaired) electrons. The van der Waals surface area contributed by atoms with Crippen LogP contribution in [0.5, 0.6) is 0 Å². The third kappa shape index (κ3) is 1.88. The maximum Gasteiger partial charge on any atom is 0.0257 e. The van der Waals surface area contributed by atoms with Crippen LogP contribution in [0.15, 0.2) is 0 Å². The van der Waals surface area contributed by atoms with E-state index in [0.717, 1.165) is 23.1 Å². The molecule has 0 bridgehead atoms. The van der Waals surface area contributed by atoms with Crippen molar-refractivity contribution in [2.24, 2.45) is 17.3 Å². The Hall–Kier alpha value is 0.290. The second-order valence-corrected chi connectivity index (χ2v) is 5.46. The number of halogens is 1. The molecule has 2 fully saturated rings. The van der Waals surface area contributed by atoms with Crippen molar-refractivity contribution >= 4 is 11.6 Å². The van der Waals surface area contributed by atoms with Crippen LogP contribution in [0.3, 0.4) is 0 Å². The molecule has 1 unspecified atom stereocenters. The second kappa shape index (κ2) is 3.81. The third-order valence-corrected chi connectivity index (χ3v) is 4.72. The van der Waals surface area contributed by atoms with E-state index in [9.17, 15) is 0 Å². The molecule has 1 spiro atoms. The molecule has 2 aliphatic carbocycles. The van der Waals surface area contributed by atoms with Crippen molar-refractivity contribution in [2.75, 3.05) is 5.88 Å². The quantitative estimate of drug-likeness (QED) is 0.599. The molecule has 0 heterocycles. The van der Waals surface area contributed by atoms with Gasteiger partial charge in [0.15, 0.2) is 0 Å². The minimum atomic E-state index is 0.742. The summed E-state index contributed by atoms with van der Waals surface area (Å²) in [7, 11) is 0. The molecule has 0 aliphatic heterocycles. The van der Waals surface area contributed by atoms with Crippen molar-refractivity contribution in [1.29, 1.82) is 0 Å². The van der Waals surface area contributed by atoms with Crippen LogP contribution in [0.2, 0.25) is 0 Å². The van der Waals surface area contributed by atoms with E-state index in [4.69, 9.17) is 11.6 Å². The minimum Gasteiger partial charge on any atom is -0.126 e.